The SMILES string of the molecule is COc1cc2c(c(OC)c1OC)[C@H](c1cccc(Cl)c1)CC(=O)N2. The second kappa shape index (κ2) is 6.61. The molecule has 1 aliphatic rings. The first-order valence-electron chi connectivity index (χ1n) is 7.47. The van der Waals surface area contributed by atoms with E-state index in [4.69, 9.17) is 25.8 Å². The van der Waals surface area contributed by atoms with Crippen LogP contribution >= 0.6 is 11.6 Å². The number of amides is 1. The Bertz CT molecular complexity index is 791. The van der Waals surface area contributed by atoms with Crippen LogP contribution in [0.5, 0.6) is 17.2 Å². The normalized spacial score (nSPS) is 16.2. The first-order valence-corrected chi connectivity index (χ1v) is 7.85. The predicted octanol–water partition coefficient (Wildman–Crippen LogP) is 3.84. The van der Waals surface area contributed by atoms with Crippen molar-refractivity contribution in [1.29, 1.82) is 0 Å². The fourth-order valence-corrected chi connectivity index (χ4v) is 3.32. The third-order valence-electron chi connectivity index (χ3n) is 4.13. The number of hydrogen-bond donors (Lipinski definition) is 1. The number of carbonyl (C=O) groups excluding carboxylic acids is 1. The van der Waals surface area contributed by atoms with E-state index in [0.29, 0.717) is 34.4 Å². The molecule has 3 rings (SSSR count). The van der Waals surface area contributed by atoms with Gasteiger partial charge < -0.3 is 19.5 Å². The van der Waals surface area contributed by atoms with Crippen LogP contribution in [0.2, 0.25) is 5.02 Å². The number of nitrogens with one attached hydrogen (secondary N) is 1. The molecule has 24 heavy (non-hydrogen) atoms. The maximum Gasteiger partial charge on any atom is 0.225 e. The van der Waals surface area contributed by atoms with E-state index in [1.54, 1.807) is 33.5 Å². The standard InChI is InChI=1S/C18H18ClNO4/c1-22-14-9-13-16(18(24-3)17(14)23-2)12(8-15(21)20-13)10-5-4-6-11(19)7-10/h4-7,9,12H,8H2,1-3H3,(H,20,21)/t12-/m0/s1. The molecule has 126 valence electrons. The fraction of sp³-hybridized carbons (Fsp3) is 0.278. The monoisotopic (exact) mass is 347 g/mol. The molecule has 1 heterocycles. The molecule has 0 aliphatic carbocycles. The number of anilines is 1. The van der Waals surface area contributed by atoms with E-state index in [2.05, 4.69) is 5.32 Å². The zero-order valence-corrected chi connectivity index (χ0v) is 14.4. The molecule has 2 aromatic carbocycles. The summed E-state index contributed by atoms with van der Waals surface area (Å²) in [7, 11) is 4.67. The third-order valence-corrected chi connectivity index (χ3v) is 4.37. The average Bonchev–Trinajstić information content (AvgIpc) is 2.59. The van der Waals surface area contributed by atoms with E-state index >= 15 is 0 Å². The van der Waals surface area contributed by atoms with Crippen LogP contribution in [0.4, 0.5) is 5.69 Å². The lowest BCUT2D eigenvalue weighted by molar-refractivity contribution is -0.116. The molecule has 0 saturated heterocycles. The molecule has 1 atom stereocenters. The van der Waals surface area contributed by atoms with Gasteiger partial charge in [0.1, 0.15) is 0 Å². The van der Waals surface area contributed by atoms with Crippen LogP contribution in [0.1, 0.15) is 23.5 Å². The lowest BCUT2D eigenvalue weighted by Gasteiger charge is -2.29. The lowest BCUT2D eigenvalue weighted by Crippen LogP contribution is -2.24. The summed E-state index contributed by atoms with van der Waals surface area (Å²) in [5, 5.41) is 3.51. The van der Waals surface area contributed by atoms with Gasteiger partial charge in [-0.2, -0.15) is 0 Å². The van der Waals surface area contributed by atoms with Crippen LogP contribution in [0.25, 0.3) is 0 Å². The maximum atomic E-state index is 12.2. The zero-order chi connectivity index (χ0) is 17.3. The summed E-state index contributed by atoms with van der Waals surface area (Å²) in [4.78, 5) is 12.2. The second-order valence-corrected chi connectivity index (χ2v) is 5.90. The Hall–Kier alpha value is -2.40. The third kappa shape index (κ3) is 2.76. The molecular weight excluding hydrogens is 330 g/mol. The largest absolute Gasteiger partial charge is 0.493 e. The molecule has 0 spiro atoms. The molecular formula is C18H18ClNO4. The maximum absolute atomic E-state index is 12.2. The summed E-state index contributed by atoms with van der Waals surface area (Å²) in [6, 6.07) is 9.25. The Morgan fingerprint density at radius 2 is 1.83 bits per heavy atom. The van der Waals surface area contributed by atoms with Gasteiger partial charge in [0.15, 0.2) is 11.5 Å². The van der Waals surface area contributed by atoms with Crippen LogP contribution in [0.15, 0.2) is 30.3 Å². The van der Waals surface area contributed by atoms with Crippen LogP contribution in [0, 0.1) is 0 Å². The molecule has 0 aromatic heterocycles. The molecule has 5 nitrogen and oxygen atoms in total. The molecule has 2 aromatic rings. The van der Waals surface area contributed by atoms with Gasteiger partial charge in [-0.25, -0.2) is 0 Å². The first kappa shape index (κ1) is 16.5. The lowest BCUT2D eigenvalue weighted by atomic mass is 9.84. The molecule has 6 heteroatoms. The number of halogens is 1. The van der Waals surface area contributed by atoms with Crippen molar-refractivity contribution in [3.63, 3.8) is 0 Å². The number of hydrogen-bond acceptors (Lipinski definition) is 4. The number of ether oxygens (including phenoxy) is 3. The van der Waals surface area contributed by atoms with Gasteiger partial charge >= 0.3 is 0 Å². The molecule has 1 N–H and O–H groups in total. The van der Waals surface area contributed by atoms with Crippen molar-refractivity contribution < 1.29 is 19.0 Å². The minimum atomic E-state index is -0.179. The van der Waals surface area contributed by atoms with E-state index in [1.165, 1.54) is 0 Å². The zero-order valence-electron chi connectivity index (χ0n) is 13.7. The molecule has 0 fully saturated rings. The fourth-order valence-electron chi connectivity index (χ4n) is 3.12. The number of methoxy groups -OCH3 is 3. The number of fused-ring (bicyclic) bond motifs is 1. The molecule has 0 saturated carbocycles. The van der Waals surface area contributed by atoms with Gasteiger partial charge in [0, 0.05) is 29.0 Å². The topological polar surface area (TPSA) is 56.8 Å². The van der Waals surface area contributed by atoms with Crippen molar-refractivity contribution in [2.24, 2.45) is 0 Å². The molecule has 0 unspecified atom stereocenters. The molecule has 0 radical (unpaired) electrons. The van der Waals surface area contributed by atoms with Crippen molar-refractivity contribution in [2.75, 3.05) is 26.6 Å². The highest BCUT2D eigenvalue weighted by atomic mass is 35.5. The van der Waals surface area contributed by atoms with E-state index in [0.717, 1.165) is 11.1 Å². The summed E-state index contributed by atoms with van der Waals surface area (Å²) in [6.07, 6.45) is 0.305. The highest BCUT2D eigenvalue weighted by molar-refractivity contribution is 6.30. The molecule has 0 bridgehead atoms. The van der Waals surface area contributed by atoms with Crippen LogP contribution in [-0.2, 0) is 4.79 Å². The second-order valence-electron chi connectivity index (χ2n) is 5.47. The van der Waals surface area contributed by atoms with Gasteiger partial charge in [0.2, 0.25) is 11.7 Å². The Morgan fingerprint density at radius 3 is 2.46 bits per heavy atom. The molecule has 1 aliphatic heterocycles. The van der Waals surface area contributed by atoms with Crippen molar-refractivity contribution in [3.05, 3.63) is 46.5 Å². The van der Waals surface area contributed by atoms with Gasteiger partial charge in [0.05, 0.1) is 27.0 Å². The van der Waals surface area contributed by atoms with Crippen LogP contribution in [0.3, 0.4) is 0 Å². The Kier molecular flexibility index (Phi) is 4.53. The van der Waals surface area contributed by atoms with Gasteiger partial charge in [-0.05, 0) is 17.7 Å². The summed E-state index contributed by atoms with van der Waals surface area (Å²) < 4.78 is 16.4. The van der Waals surface area contributed by atoms with Crippen molar-refractivity contribution >= 4 is 23.2 Å². The van der Waals surface area contributed by atoms with Gasteiger partial charge in [-0.3, -0.25) is 4.79 Å². The van der Waals surface area contributed by atoms with E-state index in [9.17, 15) is 4.79 Å². The Morgan fingerprint density at radius 1 is 1.08 bits per heavy atom. The minimum Gasteiger partial charge on any atom is -0.493 e. The minimum absolute atomic E-state index is 0.0678. The highest BCUT2D eigenvalue weighted by Gasteiger charge is 2.33. The van der Waals surface area contributed by atoms with E-state index in [1.807, 2.05) is 18.2 Å². The first-order chi connectivity index (χ1) is 11.6. The quantitative estimate of drug-likeness (QED) is 0.913. The number of benzene rings is 2. The smallest absolute Gasteiger partial charge is 0.225 e. The van der Waals surface area contributed by atoms with E-state index < -0.39 is 0 Å². The van der Waals surface area contributed by atoms with Crippen LogP contribution in [-0.4, -0.2) is 27.2 Å². The highest BCUT2D eigenvalue weighted by Crippen LogP contribution is 2.51. The summed E-state index contributed by atoms with van der Waals surface area (Å²) in [6.45, 7) is 0. The summed E-state index contributed by atoms with van der Waals surface area (Å²) >= 11 is 6.13. The Balaban J connectivity index is 2.25. The van der Waals surface area contributed by atoms with Crippen molar-refractivity contribution in [1.82, 2.24) is 0 Å². The van der Waals surface area contributed by atoms with Gasteiger partial charge in [0.25, 0.3) is 0 Å². The average molecular weight is 348 g/mol. The van der Waals surface area contributed by atoms with Gasteiger partial charge in [-0.1, -0.05) is 23.7 Å². The van der Waals surface area contributed by atoms with Crippen molar-refractivity contribution in [2.45, 2.75) is 12.3 Å². The number of carbonyl (C=O) groups is 1. The van der Waals surface area contributed by atoms with Crippen molar-refractivity contribution in [3.8, 4) is 17.2 Å². The summed E-state index contributed by atoms with van der Waals surface area (Å²) in [5.41, 5.74) is 2.46. The Labute approximate surface area is 145 Å². The predicted molar refractivity (Wildman–Crippen MR) is 92.6 cm³/mol. The van der Waals surface area contributed by atoms with E-state index in [-0.39, 0.29) is 11.8 Å². The molecule has 1 amide bonds. The summed E-state index contributed by atoms with van der Waals surface area (Å²) in [5.74, 6) is 1.31. The number of rotatable bonds is 4. The van der Waals surface area contributed by atoms with Gasteiger partial charge in [-0.15, -0.1) is 0 Å². The van der Waals surface area contributed by atoms with Crippen LogP contribution < -0.4 is 19.5 Å².